The predicted octanol–water partition coefficient (Wildman–Crippen LogP) is 2.80. The van der Waals surface area contributed by atoms with Gasteiger partial charge in [-0.1, -0.05) is 48.7 Å². The van der Waals surface area contributed by atoms with Gasteiger partial charge in [-0.15, -0.1) is 10.2 Å². The summed E-state index contributed by atoms with van der Waals surface area (Å²) in [6, 6.07) is 2.17. The van der Waals surface area contributed by atoms with Gasteiger partial charge in [-0.3, -0.25) is 4.79 Å². The van der Waals surface area contributed by atoms with Crippen LogP contribution in [0.1, 0.15) is 27.7 Å². The Morgan fingerprint density at radius 2 is 2.00 bits per heavy atom. The van der Waals surface area contributed by atoms with E-state index in [1.165, 1.54) is 34.9 Å². The molecule has 0 radical (unpaired) electrons. The van der Waals surface area contributed by atoms with Crippen molar-refractivity contribution in [2.24, 2.45) is 5.92 Å². The number of thioether (sulfide) groups is 2. The van der Waals surface area contributed by atoms with Crippen molar-refractivity contribution in [3.8, 4) is 6.07 Å². The Bertz CT molecular complexity index is 511. The monoisotopic (exact) mass is 330 g/mol. The number of amides is 1. The summed E-state index contributed by atoms with van der Waals surface area (Å²) in [5, 5.41) is 19.7. The van der Waals surface area contributed by atoms with Crippen molar-refractivity contribution >= 4 is 40.8 Å². The molecular formula is C12H18N4OS3. The summed E-state index contributed by atoms with van der Waals surface area (Å²) in [6.45, 7) is 7.37. The second-order valence-electron chi connectivity index (χ2n) is 4.76. The van der Waals surface area contributed by atoms with Crippen LogP contribution in [0.4, 0.5) is 0 Å². The Hall–Kier alpha value is -0.780. The molecule has 0 aliphatic carbocycles. The van der Waals surface area contributed by atoms with Gasteiger partial charge in [0.05, 0.1) is 11.3 Å². The number of nitrogens with one attached hydrogen (secondary N) is 1. The summed E-state index contributed by atoms with van der Waals surface area (Å²) in [5.41, 5.74) is -0.850. The van der Waals surface area contributed by atoms with E-state index in [-0.39, 0.29) is 17.1 Å². The summed E-state index contributed by atoms with van der Waals surface area (Å²) >= 11 is 4.36. The van der Waals surface area contributed by atoms with Gasteiger partial charge >= 0.3 is 0 Å². The first kappa shape index (κ1) is 17.3. The van der Waals surface area contributed by atoms with Gasteiger partial charge in [-0.2, -0.15) is 5.26 Å². The molecule has 20 heavy (non-hydrogen) atoms. The SMILES string of the molecule is CSc1nnc(SC(C)C(=O)NC(C)(C#N)C(C)C)s1. The fourth-order valence-corrected chi connectivity index (χ4v) is 3.77. The summed E-state index contributed by atoms with van der Waals surface area (Å²) in [5.74, 6) is -0.119. The van der Waals surface area contributed by atoms with Crippen LogP contribution in [0.25, 0.3) is 0 Å². The number of hydrogen-bond donors (Lipinski definition) is 1. The van der Waals surface area contributed by atoms with Crippen LogP contribution in [0.3, 0.4) is 0 Å². The second-order valence-corrected chi connectivity index (χ2v) is 8.37. The minimum atomic E-state index is -0.850. The van der Waals surface area contributed by atoms with E-state index in [9.17, 15) is 10.1 Å². The van der Waals surface area contributed by atoms with Crippen LogP contribution in [-0.4, -0.2) is 33.1 Å². The molecule has 0 bridgehead atoms. The van der Waals surface area contributed by atoms with Crippen LogP contribution >= 0.6 is 34.9 Å². The van der Waals surface area contributed by atoms with E-state index in [4.69, 9.17) is 0 Å². The number of carbonyl (C=O) groups is 1. The average molecular weight is 331 g/mol. The molecule has 2 atom stereocenters. The summed E-state index contributed by atoms with van der Waals surface area (Å²) in [6.07, 6.45) is 1.94. The maximum absolute atomic E-state index is 12.2. The molecule has 0 spiro atoms. The van der Waals surface area contributed by atoms with Crippen molar-refractivity contribution in [3.05, 3.63) is 0 Å². The largest absolute Gasteiger partial charge is 0.337 e. The zero-order valence-electron chi connectivity index (χ0n) is 12.1. The maximum Gasteiger partial charge on any atom is 0.234 e. The van der Waals surface area contributed by atoms with Gasteiger partial charge < -0.3 is 5.32 Å². The first-order chi connectivity index (χ1) is 9.32. The van der Waals surface area contributed by atoms with E-state index in [0.29, 0.717) is 0 Å². The van der Waals surface area contributed by atoms with E-state index in [0.717, 1.165) is 8.68 Å². The summed E-state index contributed by atoms with van der Waals surface area (Å²) < 4.78 is 1.64. The molecule has 0 aliphatic heterocycles. The van der Waals surface area contributed by atoms with Crippen LogP contribution in [-0.2, 0) is 4.79 Å². The van der Waals surface area contributed by atoms with Gasteiger partial charge in [-0.25, -0.2) is 0 Å². The number of hydrogen-bond acceptors (Lipinski definition) is 7. The Kier molecular flexibility index (Phi) is 6.30. The molecule has 0 saturated carbocycles. The average Bonchev–Trinajstić information content (AvgIpc) is 2.85. The molecule has 1 heterocycles. The smallest absolute Gasteiger partial charge is 0.234 e. The number of aromatic nitrogens is 2. The van der Waals surface area contributed by atoms with Gasteiger partial charge in [0.2, 0.25) is 5.91 Å². The molecule has 0 saturated heterocycles. The number of nitrogens with zero attached hydrogens (tertiary/aromatic N) is 3. The lowest BCUT2D eigenvalue weighted by atomic mass is 9.90. The third-order valence-electron chi connectivity index (χ3n) is 2.98. The highest BCUT2D eigenvalue weighted by molar-refractivity contribution is 8.03. The Morgan fingerprint density at radius 1 is 1.40 bits per heavy atom. The second kappa shape index (κ2) is 7.29. The fraction of sp³-hybridized carbons (Fsp3) is 0.667. The first-order valence-electron chi connectivity index (χ1n) is 6.09. The highest BCUT2D eigenvalue weighted by Crippen LogP contribution is 2.30. The van der Waals surface area contributed by atoms with E-state index >= 15 is 0 Å². The van der Waals surface area contributed by atoms with Crippen molar-refractivity contribution in [1.29, 1.82) is 5.26 Å². The van der Waals surface area contributed by atoms with Gasteiger partial charge in [0, 0.05) is 0 Å². The Labute approximate surface area is 131 Å². The molecule has 8 heteroatoms. The van der Waals surface area contributed by atoms with Crippen LogP contribution in [0.5, 0.6) is 0 Å². The third kappa shape index (κ3) is 4.36. The molecule has 1 N–H and O–H groups in total. The number of rotatable bonds is 6. The predicted molar refractivity (Wildman–Crippen MR) is 84.0 cm³/mol. The molecule has 0 fully saturated rings. The van der Waals surface area contributed by atoms with E-state index in [1.54, 1.807) is 13.8 Å². The van der Waals surface area contributed by atoms with Gasteiger partial charge in [0.15, 0.2) is 8.68 Å². The van der Waals surface area contributed by atoms with Crippen molar-refractivity contribution in [2.75, 3.05) is 6.26 Å². The van der Waals surface area contributed by atoms with Crippen LogP contribution in [0, 0.1) is 17.2 Å². The van der Waals surface area contributed by atoms with Gasteiger partial charge in [-0.05, 0) is 26.0 Å². The molecule has 2 unspecified atom stereocenters. The van der Waals surface area contributed by atoms with E-state index in [1.807, 2.05) is 20.1 Å². The lowest BCUT2D eigenvalue weighted by Crippen LogP contribution is -2.51. The topological polar surface area (TPSA) is 78.7 Å². The molecule has 110 valence electrons. The zero-order valence-corrected chi connectivity index (χ0v) is 14.6. The highest BCUT2D eigenvalue weighted by Gasteiger charge is 2.32. The Balaban J connectivity index is 2.66. The molecule has 0 aliphatic rings. The first-order valence-corrected chi connectivity index (χ1v) is 9.02. The molecular weight excluding hydrogens is 312 g/mol. The highest BCUT2D eigenvalue weighted by atomic mass is 32.2. The summed E-state index contributed by atoms with van der Waals surface area (Å²) in [4.78, 5) is 12.2. The quantitative estimate of drug-likeness (QED) is 0.808. The Morgan fingerprint density at radius 3 is 2.45 bits per heavy atom. The zero-order chi connectivity index (χ0) is 15.3. The molecule has 1 aromatic heterocycles. The number of nitriles is 1. The van der Waals surface area contributed by atoms with E-state index < -0.39 is 5.54 Å². The maximum atomic E-state index is 12.2. The fourth-order valence-electron chi connectivity index (χ4n) is 1.19. The van der Waals surface area contributed by atoms with Gasteiger partial charge in [0.1, 0.15) is 5.54 Å². The molecule has 1 aromatic rings. The third-order valence-corrected chi connectivity index (χ3v) is 6.06. The van der Waals surface area contributed by atoms with Crippen molar-refractivity contribution in [1.82, 2.24) is 15.5 Å². The molecule has 0 aromatic carbocycles. The van der Waals surface area contributed by atoms with Crippen LogP contribution < -0.4 is 5.32 Å². The lowest BCUT2D eigenvalue weighted by molar-refractivity contribution is -0.121. The standard InChI is InChI=1S/C12H18N4OS3/c1-7(2)12(4,6-13)14-9(17)8(3)19-11-16-15-10(18-5)20-11/h7-8H,1-5H3,(H,14,17). The lowest BCUT2D eigenvalue weighted by Gasteiger charge is -2.28. The van der Waals surface area contributed by atoms with Crippen LogP contribution in [0.2, 0.25) is 0 Å². The normalized spacial score (nSPS) is 15.4. The minimum Gasteiger partial charge on any atom is -0.337 e. The summed E-state index contributed by atoms with van der Waals surface area (Å²) in [7, 11) is 0. The van der Waals surface area contributed by atoms with Crippen molar-refractivity contribution in [2.45, 2.75) is 47.2 Å². The molecule has 1 amide bonds. The van der Waals surface area contributed by atoms with Crippen molar-refractivity contribution < 1.29 is 4.79 Å². The van der Waals surface area contributed by atoms with Crippen molar-refractivity contribution in [3.63, 3.8) is 0 Å². The molecule has 1 rings (SSSR count). The molecule has 5 nitrogen and oxygen atoms in total. The van der Waals surface area contributed by atoms with Crippen LogP contribution in [0.15, 0.2) is 8.68 Å². The van der Waals surface area contributed by atoms with Gasteiger partial charge in [0.25, 0.3) is 0 Å². The van der Waals surface area contributed by atoms with E-state index in [2.05, 4.69) is 21.6 Å². The minimum absolute atomic E-state index is 0.0401. The number of carbonyl (C=O) groups excluding carboxylic acids is 1.